The Balaban J connectivity index is 2.43. The predicted molar refractivity (Wildman–Crippen MR) is 57.6 cm³/mol. The molecule has 0 aromatic heterocycles. The molecule has 76 valence electrons. The van der Waals surface area contributed by atoms with E-state index in [0.29, 0.717) is 0 Å². The second kappa shape index (κ2) is 3.28. The molecule has 14 heavy (non-hydrogen) atoms. The molecule has 1 aliphatic rings. The zero-order valence-corrected chi connectivity index (χ0v) is 8.84. The summed E-state index contributed by atoms with van der Waals surface area (Å²) in [6.07, 6.45) is 3.05. The lowest BCUT2D eigenvalue weighted by molar-refractivity contribution is 0.374. The zero-order valence-electron chi connectivity index (χ0n) is 8.84. The van der Waals surface area contributed by atoms with Crippen LogP contribution in [0.4, 0.5) is 0 Å². The summed E-state index contributed by atoms with van der Waals surface area (Å²) < 4.78 is 5.35. The van der Waals surface area contributed by atoms with Crippen LogP contribution in [0.15, 0.2) is 18.2 Å². The number of aryl methyl sites for hydroxylation is 1. The second-order valence-electron chi connectivity index (χ2n) is 4.43. The molecule has 2 heteroatoms. The summed E-state index contributed by atoms with van der Waals surface area (Å²) in [5.74, 6) is 0.985. The molecule has 0 fully saturated rings. The first-order chi connectivity index (χ1) is 6.62. The van der Waals surface area contributed by atoms with Crippen molar-refractivity contribution in [3.8, 4) is 5.75 Å². The Morgan fingerprint density at radius 2 is 2.21 bits per heavy atom. The average Bonchev–Trinajstić information content (AvgIpc) is 2.15. The smallest absolute Gasteiger partial charge is 0.122 e. The van der Waals surface area contributed by atoms with E-state index in [4.69, 9.17) is 10.5 Å². The van der Waals surface area contributed by atoms with Gasteiger partial charge in [-0.3, -0.25) is 0 Å². The summed E-state index contributed by atoms with van der Waals surface area (Å²) in [5, 5.41) is 0. The lowest BCUT2D eigenvalue weighted by atomic mass is 9.79. The van der Waals surface area contributed by atoms with Gasteiger partial charge in [-0.05, 0) is 43.4 Å². The first-order valence-corrected chi connectivity index (χ1v) is 5.06. The quantitative estimate of drug-likeness (QED) is 0.736. The molecule has 0 heterocycles. The summed E-state index contributed by atoms with van der Waals surface area (Å²) >= 11 is 0. The van der Waals surface area contributed by atoms with Gasteiger partial charge in [0.15, 0.2) is 0 Å². The van der Waals surface area contributed by atoms with E-state index in [0.717, 1.165) is 25.0 Å². The Bertz CT molecular complexity index is 330. The third-order valence-electron chi connectivity index (χ3n) is 3.00. The van der Waals surface area contributed by atoms with Crippen molar-refractivity contribution in [2.75, 3.05) is 7.11 Å². The largest absolute Gasteiger partial charge is 0.496 e. The molecule has 0 radical (unpaired) electrons. The Kier molecular flexibility index (Phi) is 2.23. The molecule has 1 aliphatic carbocycles. The van der Waals surface area contributed by atoms with E-state index < -0.39 is 0 Å². The van der Waals surface area contributed by atoms with Crippen molar-refractivity contribution >= 4 is 0 Å². The predicted octanol–water partition coefficient (Wildman–Crippen LogP) is 1.90. The molecule has 0 saturated heterocycles. The highest BCUT2D eigenvalue weighted by Gasteiger charge is 2.27. The highest BCUT2D eigenvalue weighted by molar-refractivity contribution is 5.43. The summed E-state index contributed by atoms with van der Waals surface area (Å²) in [4.78, 5) is 0. The summed E-state index contributed by atoms with van der Waals surface area (Å²) in [7, 11) is 1.72. The van der Waals surface area contributed by atoms with E-state index in [2.05, 4.69) is 19.1 Å². The first-order valence-electron chi connectivity index (χ1n) is 5.06. The van der Waals surface area contributed by atoms with Crippen LogP contribution >= 0.6 is 0 Å². The van der Waals surface area contributed by atoms with Crippen LogP contribution in [-0.2, 0) is 12.8 Å². The van der Waals surface area contributed by atoms with Crippen molar-refractivity contribution in [3.63, 3.8) is 0 Å². The fraction of sp³-hybridized carbons (Fsp3) is 0.500. The maximum Gasteiger partial charge on any atom is 0.122 e. The normalized spacial score (nSPS) is 25.6. The number of benzene rings is 1. The van der Waals surface area contributed by atoms with Gasteiger partial charge in [-0.15, -0.1) is 0 Å². The van der Waals surface area contributed by atoms with Gasteiger partial charge < -0.3 is 10.5 Å². The van der Waals surface area contributed by atoms with Gasteiger partial charge in [0.05, 0.1) is 7.11 Å². The SMILES string of the molecule is COc1cccc2c1CC(C)(N)CC2. The fourth-order valence-electron chi connectivity index (χ4n) is 2.15. The van der Waals surface area contributed by atoms with Gasteiger partial charge in [-0.2, -0.15) is 0 Å². The molecule has 2 rings (SSSR count). The van der Waals surface area contributed by atoms with Crippen LogP contribution in [-0.4, -0.2) is 12.6 Å². The third kappa shape index (κ3) is 1.62. The number of methoxy groups -OCH3 is 1. The minimum Gasteiger partial charge on any atom is -0.496 e. The number of nitrogens with two attached hydrogens (primary N) is 1. The number of ether oxygens (including phenoxy) is 1. The molecule has 2 N–H and O–H groups in total. The number of fused-ring (bicyclic) bond motifs is 1. The van der Waals surface area contributed by atoms with Gasteiger partial charge >= 0.3 is 0 Å². The van der Waals surface area contributed by atoms with Crippen molar-refractivity contribution in [3.05, 3.63) is 29.3 Å². The molecular formula is C12H17NO. The van der Waals surface area contributed by atoms with Crippen LogP contribution < -0.4 is 10.5 Å². The third-order valence-corrected chi connectivity index (χ3v) is 3.00. The molecule has 2 nitrogen and oxygen atoms in total. The van der Waals surface area contributed by atoms with Gasteiger partial charge in [0.1, 0.15) is 5.75 Å². The lowest BCUT2D eigenvalue weighted by Gasteiger charge is -2.31. The van der Waals surface area contributed by atoms with Crippen molar-refractivity contribution in [2.45, 2.75) is 31.7 Å². The van der Waals surface area contributed by atoms with Gasteiger partial charge in [-0.25, -0.2) is 0 Å². The molecule has 0 saturated carbocycles. The van der Waals surface area contributed by atoms with Gasteiger partial charge in [-0.1, -0.05) is 12.1 Å². The topological polar surface area (TPSA) is 35.2 Å². The van der Waals surface area contributed by atoms with Gasteiger partial charge in [0.25, 0.3) is 0 Å². The van der Waals surface area contributed by atoms with Crippen molar-refractivity contribution < 1.29 is 4.74 Å². The van der Waals surface area contributed by atoms with Crippen molar-refractivity contribution in [1.82, 2.24) is 0 Å². The molecule has 0 bridgehead atoms. The van der Waals surface area contributed by atoms with E-state index in [1.54, 1.807) is 7.11 Å². The molecule has 0 spiro atoms. The Hall–Kier alpha value is -1.02. The monoisotopic (exact) mass is 191 g/mol. The maximum absolute atomic E-state index is 6.16. The molecule has 0 aliphatic heterocycles. The van der Waals surface area contributed by atoms with Crippen molar-refractivity contribution in [2.24, 2.45) is 5.73 Å². The number of hydrogen-bond donors (Lipinski definition) is 1. The number of rotatable bonds is 1. The Labute approximate surface area is 85.1 Å². The maximum atomic E-state index is 6.16. The van der Waals surface area contributed by atoms with E-state index in [-0.39, 0.29) is 5.54 Å². The first kappa shape index (κ1) is 9.53. The van der Waals surface area contributed by atoms with E-state index in [9.17, 15) is 0 Å². The van der Waals surface area contributed by atoms with Gasteiger partial charge in [0, 0.05) is 5.54 Å². The molecule has 1 aromatic rings. The summed E-state index contributed by atoms with van der Waals surface area (Å²) in [6, 6.07) is 6.24. The average molecular weight is 191 g/mol. The van der Waals surface area contributed by atoms with E-state index >= 15 is 0 Å². The molecule has 0 amide bonds. The molecule has 1 aromatic carbocycles. The van der Waals surface area contributed by atoms with E-state index in [1.807, 2.05) is 6.07 Å². The zero-order chi connectivity index (χ0) is 10.2. The van der Waals surface area contributed by atoms with Crippen LogP contribution in [0, 0.1) is 0 Å². The Morgan fingerprint density at radius 1 is 1.43 bits per heavy atom. The van der Waals surface area contributed by atoms with Crippen LogP contribution in [0.5, 0.6) is 5.75 Å². The fourth-order valence-corrected chi connectivity index (χ4v) is 2.15. The Morgan fingerprint density at radius 3 is 2.93 bits per heavy atom. The standard InChI is InChI=1S/C12H17NO/c1-12(13)7-6-9-4-3-5-11(14-2)10(9)8-12/h3-5H,6-8,13H2,1-2H3. The summed E-state index contributed by atoms with van der Waals surface area (Å²) in [5.41, 5.74) is 8.79. The number of hydrogen-bond acceptors (Lipinski definition) is 2. The second-order valence-corrected chi connectivity index (χ2v) is 4.43. The minimum absolute atomic E-state index is 0.0678. The molecule has 1 unspecified atom stereocenters. The van der Waals surface area contributed by atoms with Crippen LogP contribution in [0.2, 0.25) is 0 Å². The van der Waals surface area contributed by atoms with Crippen LogP contribution in [0.1, 0.15) is 24.5 Å². The highest BCUT2D eigenvalue weighted by atomic mass is 16.5. The van der Waals surface area contributed by atoms with Crippen LogP contribution in [0.25, 0.3) is 0 Å². The van der Waals surface area contributed by atoms with Crippen molar-refractivity contribution in [1.29, 1.82) is 0 Å². The lowest BCUT2D eigenvalue weighted by Crippen LogP contribution is -2.41. The van der Waals surface area contributed by atoms with Crippen LogP contribution in [0.3, 0.4) is 0 Å². The van der Waals surface area contributed by atoms with E-state index in [1.165, 1.54) is 11.1 Å². The van der Waals surface area contributed by atoms with Gasteiger partial charge in [0.2, 0.25) is 0 Å². The molecular weight excluding hydrogens is 174 g/mol. The minimum atomic E-state index is -0.0678. The highest BCUT2D eigenvalue weighted by Crippen LogP contribution is 2.32. The molecule has 1 atom stereocenters. The summed E-state index contributed by atoms with van der Waals surface area (Å²) in [6.45, 7) is 2.11.